The number of allylic oxidation sites excluding steroid dienone is 1. The Morgan fingerprint density at radius 3 is 2.58 bits per heavy atom. The van der Waals surface area contributed by atoms with Crippen LogP contribution in [0.3, 0.4) is 0 Å². The third-order valence-corrected chi connectivity index (χ3v) is 9.60. The molecule has 1 aromatic rings. The first-order valence-corrected chi connectivity index (χ1v) is 15.9. The zero-order valence-corrected chi connectivity index (χ0v) is 25.6. The number of aliphatic hydroxyl groups is 1. The summed E-state index contributed by atoms with van der Waals surface area (Å²) >= 11 is 0. The third kappa shape index (κ3) is 6.04. The first-order chi connectivity index (χ1) is 21.8. The van der Waals surface area contributed by atoms with Crippen molar-refractivity contribution in [1.82, 2.24) is 20.0 Å². The fourth-order valence-corrected chi connectivity index (χ4v) is 7.21. The summed E-state index contributed by atoms with van der Waals surface area (Å²) in [7, 11) is 0. The minimum Gasteiger partial charge on any atom is -0.455 e. The molecule has 7 atom stereocenters. The summed E-state index contributed by atoms with van der Waals surface area (Å²) in [5, 5.41) is 13.1. The second kappa shape index (κ2) is 13.4. The summed E-state index contributed by atoms with van der Waals surface area (Å²) in [5.74, 6) is -3.54. The van der Waals surface area contributed by atoms with E-state index in [9.17, 15) is 24.3 Å². The van der Waals surface area contributed by atoms with Crippen LogP contribution in [0.25, 0.3) is 0 Å². The smallest absolute Gasteiger partial charge is 0.313 e. The first-order valence-electron chi connectivity index (χ1n) is 15.9. The molecule has 0 radical (unpaired) electrons. The quantitative estimate of drug-likeness (QED) is 0.342. The number of morpholine rings is 1. The number of carbonyl (C=O) groups excluding carboxylic acids is 4. The van der Waals surface area contributed by atoms with Crippen molar-refractivity contribution in [1.29, 1.82) is 0 Å². The van der Waals surface area contributed by atoms with Crippen molar-refractivity contribution in [2.45, 2.75) is 49.7 Å². The van der Waals surface area contributed by atoms with Gasteiger partial charge in [-0.15, -0.1) is 0 Å². The maximum Gasteiger partial charge on any atom is 0.313 e. The molecule has 45 heavy (non-hydrogen) atoms. The van der Waals surface area contributed by atoms with Crippen molar-refractivity contribution >= 4 is 23.7 Å². The van der Waals surface area contributed by atoms with Gasteiger partial charge in [-0.05, 0) is 18.9 Å². The van der Waals surface area contributed by atoms with E-state index < -0.39 is 53.6 Å². The number of rotatable bonds is 6. The molecule has 3 saturated heterocycles. The number of amides is 3. The van der Waals surface area contributed by atoms with E-state index in [0.717, 1.165) is 13.1 Å². The van der Waals surface area contributed by atoms with Crippen LogP contribution in [-0.4, -0.2) is 126 Å². The highest BCUT2D eigenvalue weighted by atomic mass is 16.6. The number of carbonyl (C=O) groups is 4. The number of nitrogens with zero attached hydrogens (tertiary/aromatic N) is 3. The zero-order valence-electron chi connectivity index (χ0n) is 25.6. The monoisotopic (exact) mass is 622 g/mol. The SMILES string of the molecule is C[C@H](CO)N1C(=O)[C@H]2[C@@H]3C(=O)O[C@H](c4ccccc4)CNC(=O)CC/C=C\CN(CCN4CCOCC4)C(=O)[C@H]1[C@@]21C=C[C@@H]3O1. The van der Waals surface area contributed by atoms with Crippen molar-refractivity contribution in [3.05, 3.63) is 60.2 Å². The molecule has 242 valence electrons. The lowest BCUT2D eigenvalue weighted by atomic mass is 9.74. The van der Waals surface area contributed by atoms with Gasteiger partial charge in [0.2, 0.25) is 17.7 Å². The average Bonchev–Trinajstić information content (AvgIpc) is 3.71. The van der Waals surface area contributed by atoms with Crippen LogP contribution in [0, 0.1) is 11.8 Å². The molecule has 0 aromatic heterocycles. The maximum atomic E-state index is 14.6. The van der Waals surface area contributed by atoms with Crippen LogP contribution in [0.4, 0.5) is 0 Å². The predicted octanol–water partition coefficient (Wildman–Crippen LogP) is 0.429. The summed E-state index contributed by atoms with van der Waals surface area (Å²) < 4.78 is 18.0. The fourth-order valence-electron chi connectivity index (χ4n) is 7.21. The minimum absolute atomic E-state index is 0.0697. The third-order valence-electron chi connectivity index (χ3n) is 9.60. The molecule has 6 rings (SSSR count). The van der Waals surface area contributed by atoms with Crippen LogP contribution in [0.15, 0.2) is 54.6 Å². The number of hydrogen-bond donors (Lipinski definition) is 2. The van der Waals surface area contributed by atoms with Crippen LogP contribution in [0.1, 0.15) is 31.4 Å². The topological polar surface area (TPSA) is 138 Å². The fraction of sp³-hybridized carbons (Fsp3) is 0.576. The number of esters is 1. The van der Waals surface area contributed by atoms with E-state index in [1.807, 2.05) is 42.5 Å². The lowest BCUT2D eigenvalue weighted by molar-refractivity contribution is -0.160. The molecule has 5 aliphatic heterocycles. The molecule has 12 heteroatoms. The van der Waals surface area contributed by atoms with Crippen molar-refractivity contribution in [3.63, 3.8) is 0 Å². The molecule has 2 N–H and O–H groups in total. The molecular formula is C33H42N4O8. The number of hydrogen-bond acceptors (Lipinski definition) is 9. The van der Waals surface area contributed by atoms with Gasteiger partial charge < -0.3 is 34.4 Å². The molecular weight excluding hydrogens is 580 g/mol. The Morgan fingerprint density at radius 2 is 1.82 bits per heavy atom. The molecule has 0 unspecified atom stereocenters. The van der Waals surface area contributed by atoms with Crippen LogP contribution in [0.2, 0.25) is 0 Å². The van der Waals surface area contributed by atoms with Gasteiger partial charge in [-0.25, -0.2) is 0 Å². The average molecular weight is 623 g/mol. The Morgan fingerprint density at radius 1 is 1.04 bits per heavy atom. The number of cyclic esters (lactones) is 1. The highest BCUT2D eigenvalue weighted by Gasteiger charge is 2.74. The van der Waals surface area contributed by atoms with Crippen LogP contribution >= 0.6 is 0 Å². The number of nitrogens with one attached hydrogen (secondary N) is 1. The van der Waals surface area contributed by atoms with Gasteiger partial charge in [-0.1, -0.05) is 54.6 Å². The van der Waals surface area contributed by atoms with E-state index in [2.05, 4.69) is 10.2 Å². The summed E-state index contributed by atoms with van der Waals surface area (Å²) in [4.78, 5) is 60.9. The van der Waals surface area contributed by atoms with E-state index >= 15 is 0 Å². The Hall–Kier alpha value is -3.58. The van der Waals surface area contributed by atoms with Gasteiger partial charge >= 0.3 is 5.97 Å². The second-order valence-electron chi connectivity index (χ2n) is 12.4. The Balaban J connectivity index is 1.36. The van der Waals surface area contributed by atoms with Gasteiger partial charge in [-0.2, -0.15) is 0 Å². The van der Waals surface area contributed by atoms with Gasteiger partial charge in [0.25, 0.3) is 0 Å². The lowest BCUT2D eigenvalue weighted by Gasteiger charge is -2.38. The van der Waals surface area contributed by atoms with Crippen LogP contribution in [-0.2, 0) is 33.4 Å². The molecule has 5 heterocycles. The van der Waals surface area contributed by atoms with Crippen LogP contribution in [0.5, 0.6) is 0 Å². The van der Waals surface area contributed by atoms with Gasteiger partial charge in [0.1, 0.15) is 23.7 Å². The number of ether oxygens (including phenoxy) is 3. The molecule has 1 spiro atoms. The predicted molar refractivity (Wildman–Crippen MR) is 161 cm³/mol. The summed E-state index contributed by atoms with van der Waals surface area (Å²) in [5.41, 5.74) is -0.673. The molecule has 0 saturated carbocycles. The van der Waals surface area contributed by atoms with Gasteiger partial charge in [0.15, 0.2) is 0 Å². The Labute approximate surface area is 262 Å². The summed E-state index contributed by atoms with van der Waals surface area (Å²) in [6.45, 7) is 5.46. The maximum absolute atomic E-state index is 14.6. The highest BCUT2D eigenvalue weighted by molar-refractivity contribution is 5.99. The van der Waals surface area contributed by atoms with E-state index in [1.165, 1.54) is 4.90 Å². The zero-order chi connectivity index (χ0) is 31.6. The molecule has 1 aromatic carbocycles. The van der Waals surface area contributed by atoms with Crippen molar-refractivity contribution in [2.24, 2.45) is 11.8 Å². The molecule has 3 amide bonds. The highest BCUT2D eigenvalue weighted by Crippen LogP contribution is 2.56. The van der Waals surface area contributed by atoms with Gasteiger partial charge in [0.05, 0.1) is 44.4 Å². The van der Waals surface area contributed by atoms with Crippen molar-refractivity contribution < 1.29 is 38.5 Å². The molecule has 5 bridgehead atoms. The van der Waals surface area contributed by atoms with Crippen molar-refractivity contribution in [2.75, 3.05) is 59.1 Å². The summed E-state index contributed by atoms with van der Waals surface area (Å²) in [6, 6.07) is 7.38. The normalized spacial score (nSPS) is 34.0. The minimum atomic E-state index is -1.38. The van der Waals surface area contributed by atoms with E-state index in [4.69, 9.17) is 14.2 Å². The summed E-state index contributed by atoms with van der Waals surface area (Å²) in [6.07, 6.45) is 6.42. The van der Waals surface area contributed by atoms with E-state index in [0.29, 0.717) is 38.3 Å². The van der Waals surface area contributed by atoms with Crippen molar-refractivity contribution in [3.8, 4) is 0 Å². The number of benzene rings is 1. The largest absolute Gasteiger partial charge is 0.455 e. The molecule has 5 aliphatic rings. The van der Waals surface area contributed by atoms with Gasteiger partial charge in [-0.3, -0.25) is 24.1 Å². The standard InChI is InChI=1S/C33H42N4O8/c1-22(21-38)37-29-31(41)36(15-14-35-16-18-43-19-17-35)13-7-3-6-10-26(39)34-20-25(23-8-4-2-5-9-23)44-32(42)27-24-11-12-33(29,45-24)28(27)30(37)40/h2-5,7-9,11-12,22,24-25,27-29,38H,6,10,13-21H2,1H3,(H,34,39)/b7-3-/t22-,24+,25+,27-,28-,29+,33-/m1/s1. The number of aliphatic hydroxyl groups excluding tert-OH is 1. The van der Waals surface area contributed by atoms with E-state index in [1.54, 1.807) is 24.0 Å². The molecule has 0 aliphatic carbocycles. The molecule has 3 fully saturated rings. The Bertz CT molecular complexity index is 1330. The van der Waals surface area contributed by atoms with Crippen LogP contribution < -0.4 is 5.32 Å². The van der Waals surface area contributed by atoms with Gasteiger partial charge in [0, 0.05) is 39.1 Å². The number of likely N-dealkylation sites (tertiary alicyclic amines) is 1. The Kier molecular flexibility index (Phi) is 9.36. The first kappa shape index (κ1) is 31.4. The molecule has 12 nitrogen and oxygen atoms in total. The lowest BCUT2D eigenvalue weighted by Crippen LogP contribution is -2.58. The number of fused-ring (bicyclic) bond motifs is 2. The second-order valence-corrected chi connectivity index (χ2v) is 12.4. The van der Waals surface area contributed by atoms with E-state index in [-0.39, 0.29) is 37.9 Å².